The number of imide groups is 1. The number of oxazole rings is 1. The second-order valence-corrected chi connectivity index (χ2v) is 4.05. The number of nitrogens with one attached hydrogen (secondary N) is 1. The molecule has 92 valence electrons. The first kappa shape index (κ1) is 10.6. The van der Waals surface area contributed by atoms with Gasteiger partial charge in [0.2, 0.25) is 11.8 Å². The van der Waals surface area contributed by atoms with E-state index in [-0.39, 0.29) is 30.9 Å². The van der Waals surface area contributed by atoms with Crippen molar-refractivity contribution in [1.29, 1.82) is 0 Å². The maximum absolute atomic E-state index is 11.3. The van der Waals surface area contributed by atoms with E-state index in [1.165, 1.54) is 4.90 Å². The van der Waals surface area contributed by atoms with E-state index in [1.54, 1.807) is 18.2 Å². The summed E-state index contributed by atoms with van der Waals surface area (Å²) < 4.78 is 5.49. The molecule has 1 aliphatic heterocycles. The van der Waals surface area contributed by atoms with Gasteiger partial charge in [0.25, 0.3) is 6.01 Å². The molecular weight excluding hydrogens is 236 g/mol. The number of aromatic nitrogens is 1. The summed E-state index contributed by atoms with van der Waals surface area (Å²) in [4.78, 5) is 28.2. The Bertz CT molecular complexity index is 633. The van der Waals surface area contributed by atoms with Crippen LogP contribution in [0.5, 0.6) is 0 Å². The van der Waals surface area contributed by atoms with E-state index in [1.807, 2.05) is 0 Å². The first-order valence-corrected chi connectivity index (χ1v) is 5.35. The van der Waals surface area contributed by atoms with Gasteiger partial charge in [0, 0.05) is 5.69 Å². The summed E-state index contributed by atoms with van der Waals surface area (Å²) in [7, 11) is 0. The number of nitrogen functional groups attached to an aromatic ring is 1. The van der Waals surface area contributed by atoms with Crippen LogP contribution in [0.15, 0.2) is 22.6 Å². The predicted molar refractivity (Wildman–Crippen MR) is 63.8 cm³/mol. The third kappa shape index (κ3) is 1.75. The predicted octanol–water partition coefficient (Wildman–Crippen LogP) is -0.127. The van der Waals surface area contributed by atoms with Crippen LogP contribution in [0, 0.1) is 0 Å². The Balaban J connectivity index is 1.98. The first-order chi connectivity index (χ1) is 8.61. The lowest BCUT2D eigenvalue weighted by Gasteiger charge is -2.23. The molecule has 0 spiro atoms. The number of amides is 2. The molecule has 2 heterocycles. The van der Waals surface area contributed by atoms with E-state index in [9.17, 15) is 9.59 Å². The zero-order chi connectivity index (χ0) is 12.7. The van der Waals surface area contributed by atoms with E-state index >= 15 is 0 Å². The van der Waals surface area contributed by atoms with Crippen LogP contribution in [0.1, 0.15) is 0 Å². The summed E-state index contributed by atoms with van der Waals surface area (Å²) >= 11 is 0. The van der Waals surface area contributed by atoms with Gasteiger partial charge in [-0.3, -0.25) is 14.9 Å². The molecule has 0 radical (unpaired) electrons. The van der Waals surface area contributed by atoms with Gasteiger partial charge in [-0.15, -0.1) is 0 Å². The van der Waals surface area contributed by atoms with Crippen LogP contribution in [-0.2, 0) is 9.59 Å². The molecule has 1 fully saturated rings. The van der Waals surface area contributed by atoms with Crippen molar-refractivity contribution in [2.24, 2.45) is 0 Å². The SMILES string of the molecule is Nc1ccc2oc(N3CC(=O)NC(=O)C3)nc2c1. The molecule has 0 atom stereocenters. The summed E-state index contributed by atoms with van der Waals surface area (Å²) in [5.74, 6) is -0.735. The molecule has 7 heteroatoms. The van der Waals surface area contributed by atoms with Crippen molar-refractivity contribution in [3.63, 3.8) is 0 Å². The summed E-state index contributed by atoms with van der Waals surface area (Å²) in [6, 6.07) is 5.32. The number of piperazine rings is 1. The molecule has 1 aromatic heterocycles. The fourth-order valence-corrected chi connectivity index (χ4v) is 1.84. The summed E-state index contributed by atoms with van der Waals surface area (Å²) in [5, 5.41) is 2.21. The highest BCUT2D eigenvalue weighted by molar-refractivity contribution is 6.02. The number of hydrogen-bond acceptors (Lipinski definition) is 6. The zero-order valence-corrected chi connectivity index (χ0v) is 9.34. The molecule has 3 N–H and O–H groups in total. The van der Waals surface area contributed by atoms with E-state index in [0.717, 1.165) is 0 Å². The minimum atomic E-state index is -0.368. The average Bonchev–Trinajstić information content (AvgIpc) is 2.70. The van der Waals surface area contributed by atoms with Gasteiger partial charge in [-0.1, -0.05) is 0 Å². The van der Waals surface area contributed by atoms with Gasteiger partial charge in [-0.05, 0) is 18.2 Å². The maximum atomic E-state index is 11.3. The van der Waals surface area contributed by atoms with Crippen molar-refractivity contribution in [3.8, 4) is 0 Å². The minimum absolute atomic E-state index is 0.0496. The highest BCUT2D eigenvalue weighted by Crippen LogP contribution is 2.23. The molecule has 18 heavy (non-hydrogen) atoms. The number of fused-ring (bicyclic) bond motifs is 1. The van der Waals surface area contributed by atoms with Gasteiger partial charge < -0.3 is 15.1 Å². The molecule has 7 nitrogen and oxygen atoms in total. The second kappa shape index (κ2) is 3.73. The lowest BCUT2D eigenvalue weighted by atomic mass is 10.3. The lowest BCUT2D eigenvalue weighted by molar-refractivity contribution is -0.130. The number of hydrogen-bond donors (Lipinski definition) is 2. The number of nitrogens with zero attached hydrogens (tertiary/aromatic N) is 2. The Labute approximate surface area is 102 Å². The van der Waals surface area contributed by atoms with E-state index in [2.05, 4.69) is 10.3 Å². The smallest absolute Gasteiger partial charge is 0.299 e. The van der Waals surface area contributed by atoms with Gasteiger partial charge in [0.1, 0.15) is 18.6 Å². The number of rotatable bonds is 1. The third-order valence-electron chi connectivity index (χ3n) is 2.62. The number of carbonyl (C=O) groups is 2. The Kier molecular flexibility index (Phi) is 2.19. The topological polar surface area (TPSA) is 101 Å². The largest absolute Gasteiger partial charge is 0.423 e. The Hall–Kier alpha value is -2.57. The van der Waals surface area contributed by atoms with Crippen LogP contribution in [0.2, 0.25) is 0 Å². The van der Waals surface area contributed by atoms with Crippen LogP contribution in [0.4, 0.5) is 11.7 Å². The Morgan fingerprint density at radius 1 is 1.28 bits per heavy atom. The van der Waals surface area contributed by atoms with Crippen molar-refractivity contribution in [2.45, 2.75) is 0 Å². The van der Waals surface area contributed by atoms with E-state index < -0.39 is 0 Å². The van der Waals surface area contributed by atoms with Crippen LogP contribution >= 0.6 is 0 Å². The summed E-state index contributed by atoms with van der Waals surface area (Å²) in [6.07, 6.45) is 0. The number of nitrogens with two attached hydrogens (primary N) is 1. The van der Waals surface area contributed by atoms with E-state index in [0.29, 0.717) is 16.8 Å². The molecule has 0 aliphatic carbocycles. The summed E-state index contributed by atoms with van der Waals surface area (Å²) in [6.45, 7) is 0.0993. The van der Waals surface area contributed by atoms with Crippen molar-refractivity contribution in [1.82, 2.24) is 10.3 Å². The quantitative estimate of drug-likeness (QED) is 0.537. The molecule has 0 bridgehead atoms. The fourth-order valence-electron chi connectivity index (χ4n) is 1.84. The average molecular weight is 246 g/mol. The molecule has 1 saturated heterocycles. The lowest BCUT2D eigenvalue weighted by Crippen LogP contribution is -2.51. The highest BCUT2D eigenvalue weighted by atomic mass is 16.4. The zero-order valence-electron chi connectivity index (χ0n) is 9.34. The van der Waals surface area contributed by atoms with Gasteiger partial charge in [-0.25, -0.2) is 0 Å². The van der Waals surface area contributed by atoms with Crippen molar-refractivity contribution < 1.29 is 14.0 Å². The molecule has 2 aromatic rings. The maximum Gasteiger partial charge on any atom is 0.299 e. The number of carbonyl (C=O) groups excluding carboxylic acids is 2. The molecule has 2 amide bonds. The van der Waals surface area contributed by atoms with E-state index in [4.69, 9.17) is 10.2 Å². The Morgan fingerprint density at radius 2 is 2.00 bits per heavy atom. The van der Waals surface area contributed by atoms with Gasteiger partial charge in [-0.2, -0.15) is 4.98 Å². The standard InChI is InChI=1S/C11H10N4O3/c12-6-1-2-8-7(3-6)13-11(18-8)15-4-9(16)14-10(17)5-15/h1-3H,4-5,12H2,(H,14,16,17). The van der Waals surface area contributed by atoms with Gasteiger partial charge >= 0.3 is 0 Å². The molecule has 0 unspecified atom stereocenters. The van der Waals surface area contributed by atoms with Crippen LogP contribution in [0.25, 0.3) is 11.1 Å². The van der Waals surface area contributed by atoms with Crippen LogP contribution in [0.3, 0.4) is 0 Å². The van der Waals surface area contributed by atoms with Crippen molar-refractivity contribution in [3.05, 3.63) is 18.2 Å². The third-order valence-corrected chi connectivity index (χ3v) is 2.62. The first-order valence-electron chi connectivity index (χ1n) is 5.35. The van der Waals surface area contributed by atoms with Gasteiger partial charge in [0.15, 0.2) is 5.58 Å². The van der Waals surface area contributed by atoms with Crippen LogP contribution < -0.4 is 16.0 Å². The molecule has 3 rings (SSSR count). The van der Waals surface area contributed by atoms with Gasteiger partial charge in [0.05, 0.1) is 0 Å². The molecule has 0 saturated carbocycles. The normalized spacial score (nSPS) is 16.1. The number of anilines is 2. The second-order valence-electron chi connectivity index (χ2n) is 4.05. The monoisotopic (exact) mass is 246 g/mol. The fraction of sp³-hybridized carbons (Fsp3) is 0.182. The minimum Gasteiger partial charge on any atom is -0.423 e. The van der Waals surface area contributed by atoms with Crippen molar-refractivity contribution in [2.75, 3.05) is 23.7 Å². The number of benzene rings is 1. The highest BCUT2D eigenvalue weighted by Gasteiger charge is 2.25. The molecule has 1 aliphatic rings. The summed E-state index contributed by atoms with van der Waals surface area (Å²) in [5.41, 5.74) is 7.39. The molecule has 1 aromatic carbocycles. The van der Waals surface area contributed by atoms with Crippen molar-refractivity contribution >= 4 is 34.6 Å². The Morgan fingerprint density at radius 3 is 2.72 bits per heavy atom. The molecular formula is C11H10N4O3. The van der Waals surface area contributed by atoms with Crippen LogP contribution in [-0.4, -0.2) is 29.9 Å².